The molecule has 0 saturated carbocycles. The van der Waals surface area contributed by atoms with Crippen LogP contribution in [0, 0.1) is 5.92 Å². The highest BCUT2D eigenvalue weighted by atomic mass is 15.3. The molecule has 0 aliphatic heterocycles. The second-order valence-electron chi connectivity index (χ2n) is 6.09. The Bertz CT molecular complexity index is 432. The van der Waals surface area contributed by atoms with Gasteiger partial charge < -0.3 is 0 Å². The van der Waals surface area contributed by atoms with Crippen molar-refractivity contribution in [2.75, 3.05) is 0 Å². The van der Waals surface area contributed by atoms with Crippen LogP contribution in [0.4, 0.5) is 0 Å². The van der Waals surface area contributed by atoms with E-state index in [9.17, 15) is 0 Å². The largest absolute Gasteiger partial charge is 0.272 e. The van der Waals surface area contributed by atoms with Crippen molar-refractivity contribution in [3.8, 4) is 0 Å². The topological polar surface area (TPSA) is 17.8 Å². The summed E-state index contributed by atoms with van der Waals surface area (Å²) in [7, 11) is 2.05. The standard InChI is InChI=1S/C14H22N2/c1-9-7-11-12(8-10(9)2)16(6)15-13(11)14(3,4)5/h9H,2,7-8H2,1,3-6H3. The third-order valence-electron chi connectivity index (χ3n) is 3.59. The summed E-state index contributed by atoms with van der Waals surface area (Å²) in [4.78, 5) is 0. The number of aryl methyl sites for hydroxylation is 1. The van der Waals surface area contributed by atoms with Crippen molar-refractivity contribution in [3.63, 3.8) is 0 Å². The first kappa shape index (κ1) is 11.4. The van der Waals surface area contributed by atoms with Gasteiger partial charge in [0, 0.05) is 24.6 Å². The first-order chi connectivity index (χ1) is 7.30. The second-order valence-corrected chi connectivity index (χ2v) is 6.09. The van der Waals surface area contributed by atoms with E-state index >= 15 is 0 Å². The summed E-state index contributed by atoms with van der Waals surface area (Å²) in [6.07, 6.45) is 2.10. The molecule has 2 rings (SSSR count). The minimum atomic E-state index is 0.143. The highest BCUT2D eigenvalue weighted by Crippen LogP contribution is 2.35. The zero-order valence-corrected chi connectivity index (χ0v) is 11.1. The molecule has 0 N–H and O–H groups in total. The Morgan fingerprint density at radius 1 is 1.38 bits per heavy atom. The van der Waals surface area contributed by atoms with Gasteiger partial charge in [-0.25, -0.2) is 0 Å². The fourth-order valence-electron chi connectivity index (χ4n) is 2.48. The van der Waals surface area contributed by atoms with E-state index in [1.165, 1.54) is 22.5 Å². The maximum Gasteiger partial charge on any atom is 0.0713 e. The Morgan fingerprint density at radius 2 is 2.00 bits per heavy atom. The van der Waals surface area contributed by atoms with Crippen LogP contribution in [-0.4, -0.2) is 9.78 Å². The Hall–Kier alpha value is -1.05. The fourth-order valence-corrected chi connectivity index (χ4v) is 2.48. The third kappa shape index (κ3) is 1.70. The molecule has 1 aromatic rings. The van der Waals surface area contributed by atoms with Crippen LogP contribution >= 0.6 is 0 Å². The van der Waals surface area contributed by atoms with Gasteiger partial charge in [-0.05, 0) is 17.9 Å². The van der Waals surface area contributed by atoms with Crippen molar-refractivity contribution < 1.29 is 0 Å². The van der Waals surface area contributed by atoms with Crippen molar-refractivity contribution in [3.05, 3.63) is 29.1 Å². The van der Waals surface area contributed by atoms with Gasteiger partial charge in [0.15, 0.2) is 0 Å². The van der Waals surface area contributed by atoms with E-state index in [1.54, 1.807) is 0 Å². The van der Waals surface area contributed by atoms with Crippen molar-refractivity contribution in [1.29, 1.82) is 0 Å². The molecule has 0 saturated heterocycles. The minimum Gasteiger partial charge on any atom is -0.272 e. The number of hydrogen-bond donors (Lipinski definition) is 0. The summed E-state index contributed by atoms with van der Waals surface area (Å²) >= 11 is 0. The fraction of sp³-hybridized carbons (Fsp3) is 0.643. The highest BCUT2D eigenvalue weighted by Gasteiger charge is 2.30. The van der Waals surface area contributed by atoms with Crippen LogP contribution in [0.5, 0.6) is 0 Å². The number of rotatable bonds is 0. The predicted octanol–water partition coefficient (Wildman–Crippen LogP) is 3.01. The van der Waals surface area contributed by atoms with Gasteiger partial charge in [0.1, 0.15) is 0 Å². The lowest BCUT2D eigenvalue weighted by atomic mass is 9.79. The monoisotopic (exact) mass is 218 g/mol. The van der Waals surface area contributed by atoms with E-state index in [0.29, 0.717) is 5.92 Å². The first-order valence-electron chi connectivity index (χ1n) is 6.03. The van der Waals surface area contributed by atoms with Crippen LogP contribution in [0.1, 0.15) is 44.6 Å². The minimum absolute atomic E-state index is 0.143. The van der Waals surface area contributed by atoms with Crippen LogP contribution in [-0.2, 0) is 25.3 Å². The Kier molecular flexibility index (Phi) is 2.48. The Morgan fingerprint density at radius 3 is 2.56 bits per heavy atom. The normalized spacial score (nSPS) is 21.1. The van der Waals surface area contributed by atoms with Crippen LogP contribution in [0.2, 0.25) is 0 Å². The van der Waals surface area contributed by atoms with Crippen LogP contribution < -0.4 is 0 Å². The van der Waals surface area contributed by atoms with Gasteiger partial charge in [-0.1, -0.05) is 39.8 Å². The Labute approximate surface area is 98.4 Å². The molecule has 2 nitrogen and oxygen atoms in total. The zero-order valence-electron chi connectivity index (χ0n) is 11.1. The molecule has 88 valence electrons. The number of fused-ring (bicyclic) bond motifs is 1. The highest BCUT2D eigenvalue weighted by molar-refractivity contribution is 5.38. The molecule has 1 aromatic heterocycles. The molecule has 1 unspecified atom stereocenters. The summed E-state index contributed by atoms with van der Waals surface area (Å²) in [6.45, 7) is 13.2. The van der Waals surface area contributed by atoms with Crippen molar-refractivity contribution in [2.45, 2.75) is 46.0 Å². The number of hydrogen-bond acceptors (Lipinski definition) is 1. The number of aromatic nitrogens is 2. The lowest BCUT2D eigenvalue weighted by Gasteiger charge is -2.25. The SMILES string of the molecule is C=C1Cc2c(c(C(C)(C)C)nn2C)CC1C. The molecule has 1 aliphatic carbocycles. The maximum absolute atomic E-state index is 4.71. The van der Waals surface area contributed by atoms with Gasteiger partial charge in [-0.15, -0.1) is 0 Å². The van der Waals surface area contributed by atoms with E-state index in [4.69, 9.17) is 5.10 Å². The van der Waals surface area contributed by atoms with Crippen molar-refractivity contribution in [1.82, 2.24) is 9.78 Å². The summed E-state index contributed by atoms with van der Waals surface area (Å²) in [6, 6.07) is 0. The quantitative estimate of drug-likeness (QED) is 0.612. The van der Waals surface area contributed by atoms with Gasteiger partial charge in [0.05, 0.1) is 5.69 Å². The lowest BCUT2D eigenvalue weighted by molar-refractivity contribution is 0.543. The number of allylic oxidation sites excluding steroid dienone is 1. The van der Waals surface area contributed by atoms with E-state index < -0.39 is 0 Å². The van der Waals surface area contributed by atoms with E-state index in [2.05, 4.69) is 41.3 Å². The van der Waals surface area contributed by atoms with E-state index in [1.807, 2.05) is 4.68 Å². The zero-order chi connectivity index (χ0) is 12.1. The third-order valence-corrected chi connectivity index (χ3v) is 3.59. The molecule has 1 heterocycles. The molecule has 0 radical (unpaired) electrons. The van der Waals surface area contributed by atoms with Crippen molar-refractivity contribution >= 4 is 0 Å². The summed E-state index contributed by atoms with van der Waals surface area (Å²) in [5.41, 5.74) is 5.59. The van der Waals surface area contributed by atoms with Gasteiger partial charge in [-0.3, -0.25) is 4.68 Å². The molecule has 1 atom stereocenters. The van der Waals surface area contributed by atoms with Crippen LogP contribution in [0.3, 0.4) is 0 Å². The number of nitrogens with zero attached hydrogens (tertiary/aromatic N) is 2. The molecular formula is C14H22N2. The molecule has 0 fully saturated rings. The molecule has 16 heavy (non-hydrogen) atoms. The average Bonchev–Trinajstić information content (AvgIpc) is 2.45. The maximum atomic E-state index is 4.71. The summed E-state index contributed by atoms with van der Waals surface area (Å²) in [5.74, 6) is 0.595. The van der Waals surface area contributed by atoms with Crippen LogP contribution in [0.25, 0.3) is 0 Å². The van der Waals surface area contributed by atoms with Gasteiger partial charge in [-0.2, -0.15) is 5.10 Å². The Balaban J connectivity index is 2.54. The van der Waals surface area contributed by atoms with Crippen molar-refractivity contribution in [2.24, 2.45) is 13.0 Å². The summed E-state index contributed by atoms with van der Waals surface area (Å²) in [5, 5.41) is 4.71. The molecule has 0 spiro atoms. The lowest BCUT2D eigenvalue weighted by Crippen LogP contribution is -2.19. The first-order valence-corrected chi connectivity index (χ1v) is 6.03. The average molecular weight is 218 g/mol. The van der Waals surface area contributed by atoms with E-state index in [0.717, 1.165) is 12.8 Å². The predicted molar refractivity (Wildman–Crippen MR) is 67.6 cm³/mol. The van der Waals surface area contributed by atoms with Gasteiger partial charge >= 0.3 is 0 Å². The summed E-state index contributed by atoms with van der Waals surface area (Å²) < 4.78 is 2.05. The molecule has 0 bridgehead atoms. The van der Waals surface area contributed by atoms with Gasteiger partial charge in [0.25, 0.3) is 0 Å². The smallest absolute Gasteiger partial charge is 0.0713 e. The van der Waals surface area contributed by atoms with Crippen LogP contribution in [0.15, 0.2) is 12.2 Å². The van der Waals surface area contributed by atoms with Gasteiger partial charge in [0.2, 0.25) is 0 Å². The second kappa shape index (κ2) is 3.47. The molecule has 2 heteroatoms. The molecule has 1 aliphatic rings. The molecular weight excluding hydrogens is 196 g/mol. The molecule has 0 aromatic carbocycles. The van der Waals surface area contributed by atoms with E-state index in [-0.39, 0.29) is 5.41 Å². The molecule has 0 amide bonds.